The predicted molar refractivity (Wildman–Crippen MR) is 63.7 cm³/mol. The topological polar surface area (TPSA) is 39.1 Å². The summed E-state index contributed by atoms with van der Waals surface area (Å²) in [6.45, 7) is 5.30. The molecule has 1 atom stereocenters. The van der Waals surface area contributed by atoms with E-state index in [2.05, 4.69) is 10.4 Å². The summed E-state index contributed by atoms with van der Waals surface area (Å²) in [5.74, 6) is 1.67. The van der Waals surface area contributed by atoms with Crippen LogP contribution in [-0.2, 0) is 6.54 Å². The Kier molecular flexibility index (Phi) is 3.83. The SMILES string of the molecule is COc1cc(C)nn1CCC1CCCNC1. The number of methoxy groups -OCH3 is 1. The molecule has 1 aliphatic rings. The molecule has 0 aromatic carbocycles. The van der Waals surface area contributed by atoms with Gasteiger partial charge in [0.25, 0.3) is 0 Å². The fourth-order valence-electron chi connectivity index (χ4n) is 2.32. The van der Waals surface area contributed by atoms with Crippen LogP contribution in [0.4, 0.5) is 0 Å². The zero-order valence-corrected chi connectivity index (χ0v) is 10.2. The van der Waals surface area contributed by atoms with Gasteiger partial charge in [-0.15, -0.1) is 0 Å². The standard InChI is InChI=1S/C12H21N3O/c1-10-8-12(16-2)15(14-10)7-5-11-4-3-6-13-9-11/h8,11,13H,3-7,9H2,1-2H3. The molecule has 1 saturated heterocycles. The van der Waals surface area contributed by atoms with Crippen LogP contribution in [0.5, 0.6) is 5.88 Å². The van der Waals surface area contributed by atoms with Crippen molar-refractivity contribution >= 4 is 0 Å². The summed E-state index contributed by atoms with van der Waals surface area (Å²) in [4.78, 5) is 0. The van der Waals surface area contributed by atoms with Gasteiger partial charge in [-0.1, -0.05) is 0 Å². The zero-order valence-electron chi connectivity index (χ0n) is 10.2. The Morgan fingerprint density at radius 1 is 1.62 bits per heavy atom. The van der Waals surface area contributed by atoms with E-state index in [0.717, 1.165) is 30.6 Å². The Balaban J connectivity index is 1.87. The Hall–Kier alpha value is -1.03. The lowest BCUT2D eigenvalue weighted by atomic mass is 9.96. The number of ether oxygens (including phenoxy) is 1. The molecule has 0 bridgehead atoms. The fraction of sp³-hybridized carbons (Fsp3) is 0.750. The van der Waals surface area contributed by atoms with E-state index in [4.69, 9.17) is 4.74 Å². The van der Waals surface area contributed by atoms with E-state index in [1.54, 1.807) is 7.11 Å². The average Bonchev–Trinajstić information content (AvgIpc) is 2.68. The monoisotopic (exact) mass is 223 g/mol. The number of rotatable bonds is 4. The van der Waals surface area contributed by atoms with E-state index in [1.807, 2.05) is 17.7 Å². The average molecular weight is 223 g/mol. The van der Waals surface area contributed by atoms with Gasteiger partial charge in [-0.05, 0) is 45.2 Å². The molecule has 1 unspecified atom stereocenters. The Bertz CT molecular complexity index is 329. The normalized spacial score (nSPS) is 21.0. The second-order valence-corrected chi connectivity index (χ2v) is 4.55. The van der Waals surface area contributed by atoms with Crippen molar-refractivity contribution < 1.29 is 4.74 Å². The van der Waals surface area contributed by atoms with Crippen LogP contribution in [0.15, 0.2) is 6.07 Å². The summed E-state index contributed by atoms with van der Waals surface area (Å²) in [5.41, 5.74) is 1.03. The smallest absolute Gasteiger partial charge is 0.211 e. The van der Waals surface area contributed by atoms with Crippen molar-refractivity contribution in [3.05, 3.63) is 11.8 Å². The maximum absolute atomic E-state index is 5.29. The summed E-state index contributed by atoms with van der Waals surface area (Å²) in [5, 5.41) is 7.88. The first-order valence-corrected chi connectivity index (χ1v) is 6.09. The van der Waals surface area contributed by atoms with Gasteiger partial charge in [0.2, 0.25) is 5.88 Å². The third kappa shape index (κ3) is 2.76. The highest BCUT2D eigenvalue weighted by Crippen LogP contribution is 2.18. The van der Waals surface area contributed by atoms with E-state index in [1.165, 1.54) is 25.8 Å². The van der Waals surface area contributed by atoms with Crippen LogP contribution in [0.1, 0.15) is 25.0 Å². The molecule has 16 heavy (non-hydrogen) atoms. The van der Waals surface area contributed by atoms with Crippen molar-refractivity contribution in [2.45, 2.75) is 32.7 Å². The third-order valence-electron chi connectivity index (χ3n) is 3.22. The molecule has 2 rings (SSSR count). The van der Waals surface area contributed by atoms with Gasteiger partial charge >= 0.3 is 0 Å². The molecule has 0 saturated carbocycles. The Morgan fingerprint density at radius 2 is 2.50 bits per heavy atom. The van der Waals surface area contributed by atoms with Crippen molar-refractivity contribution in [3.63, 3.8) is 0 Å². The van der Waals surface area contributed by atoms with Crippen molar-refractivity contribution in [1.82, 2.24) is 15.1 Å². The van der Waals surface area contributed by atoms with Gasteiger partial charge in [0.15, 0.2) is 0 Å². The van der Waals surface area contributed by atoms with Gasteiger partial charge in [-0.25, -0.2) is 4.68 Å². The van der Waals surface area contributed by atoms with Crippen LogP contribution in [-0.4, -0.2) is 30.0 Å². The summed E-state index contributed by atoms with van der Waals surface area (Å²) < 4.78 is 7.27. The van der Waals surface area contributed by atoms with Gasteiger partial charge in [-0.3, -0.25) is 0 Å². The minimum absolute atomic E-state index is 0.794. The van der Waals surface area contributed by atoms with Gasteiger partial charge in [0.1, 0.15) is 0 Å². The quantitative estimate of drug-likeness (QED) is 0.842. The van der Waals surface area contributed by atoms with Crippen molar-refractivity contribution in [2.75, 3.05) is 20.2 Å². The highest BCUT2D eigenvalue weighted by molar-refractivity contribution is 5.14. The molecule has 1 N–H and O–H groups in total. The highest BCUT2D eigenvalue weighted by atomic mass is 16.5. The summed E-state index contributed by atoms with van der Waals surface area (Å²) >= 11 is 0. The van der Waals surface area contributed by atoms with Gasteiger partial charge in [-0.2, -0.15) is 5.10 Å². The zero-order chi connectivity index (χ0) is 11.4. The largest absolute Gasteiger partial charge is 0.481 e. The molecule has 0 spiro atoms. The Morgan fingerprint density at radius 3 is 3.19 bits per heavy atom. The lowest BCUT2D eigenvalue weighted by molar-refractivity contribution is 0.312. The fourth-order valence-corrected chi connectivity index (χ4v) is 2.32. The number of hydrogen-bond donors (Lipinski definition) is 1. The molecule has 1 aromatic heterocycles. The van der Waals surface area contributed by atoms with Gasteiger partial charge in [0, 0.05) is 12.6 Å². The van der Waals surface area contributed by atoms with Crippen LogP contribution < -0.4 is 10.1 Å². The number of nitrogens with zero attached hydrogens (tertiary/aromatic N) is 2. The second kappa shape index (κ2) is 5.34. The van der Waals surface area contributed by atoms with E-state index >= 15 is 0 Å². The van der Waals surface area contributed by atoms with Crippen molar-refractivity contribution in [1.29, 1.82) is 0 Å². The van der Waals surface area contributed by atoms with E-state index in [9.17, 15) is 0 Å². The molecule has 2 heterocycles. The predicted octanol–water partition coefficient (Wildman–Crippen LogP) is 1.59. The highest BCUT2D eigenvalue weighted by Gasteiger charge is 2.14. The van der Waals surface area contributed by atoms with Crippen molar-refractivity contribution in [3.8, 4) is 5.88 Å². The molecule has 0 aliphatic carbocycles. The van der Waals surface area contributed by atoms with Gasteiger partial charge < -0.3 is 10.1 Å². The van der Waals surface area contributed by atoms with Crippen LogP contribution in [0.3, 0.4) is 0 Å². The molecule has 0 radical (unpaired) electrons. The number of hydrogen-bond acceptors (Lipinski definition) is 3. The van der Waals surface area contributed by atoms with E-state index in [-0.39, 0.29) is 0 Å². The summed E-state index contributed by atoms with van der Waals surface area (Å²) in [7, 11) is 1.70. The number of nitrogens with one attached hydrogen (secondary N) is 1. The van der Waals surface area contributed by atoms with Crippen LogP contribution in [0.2, 0.25) is 0 Å². The number of aryl methyl sites for hydroxylation is 2. The van der Waals surface area contributed by atoms with Crippen LogP contribution in [0.25, 0.3) is 0 Å². The molecule has 4 nitrogen and oxygen atoms in total. The minimum atomic E-state index is 0.794. The van der Waals surface area contributed by atoms with E-state index in [0.29, 0.717) is 0 Å². The van der Waals surface area contributed by atoms with Gasteiger partial charge in [0.05, 0.1) is 12.8 Å². The third-order valence-corrected chi connectivity index (χ3v) is 3.22. The first-order chi connectivity index (χ1) is 7.79. The van der Waals surface area contributed by atoms with Crippen LogP contribution in [0, 0.1) is 12.8 Å². The first-order valence-electron chi connectivity index (χ1n) is 6.09. The van der Waals surface area contributed by atoms with Crippen molar-refractivity contribution in [2.24, 2.45) is 5.92 Å². The molecule has 0 amide bonds. The van der Waals surface area contributed by atoms with Crippen LogP contribution >= 0.6 is 0 Å². The molecule has 1 fully saturated rings. The molecule has 4 heteroatoms. The Labute approximate surface area is 97.0 Å². The lowest BCUT2D eigenvalue weighted by Gasteiger charge is -2.22. The maximum Gasteiger partial charge on any atom is 0.211 e. The number of aromatic nitrogens is 2. The van der Waals surface area contributed by atoms with E-state index < -0.39 is 0 Å². The molecular weight excluding hydrogens is 202 g/mol. The molecule has 1 aliphatic heterocycles. The number of piperidine rings is 1. The lowest BCUT2D eigenvalue weighted by Crippen LogP contribution is -2.30. The summed E-state index contributed by atoms with van der Waals surface area (Å²) in [6.07, 6.45) is 3.83. The summed E-state index contributed by atoms with van der Waals surface area (Å²) in [6, 6.07) is 1.99. The second-order valence-electron chi connectivity index (χ2n) is 4.55. The molecule has 1 aromatic rings. The maximum atomic E-state index is 5.29. The first kappa shape index (κ1) is 11.5. The molecule has 90 valence electrons. The minimum Gasteiger partial charge on any atom is -0.481 e. The molecular formula is C12H21N3O.